The first-order chi connectivity index (χ1) is 11.0. The highest BCUT2D eigenvalue weighted by molar-refractivity contribution is 6.33. The first kappa shape index (κ1) is 15.1. The minimum absolute atomic E-state index is 0.192. The largest absolute Gasteiger partial charge is 0.397 e. The van der Waals surface area contributed by atoms with Crippen molar-refractivity contribution in [2.45, 2.75) is 6.92 Å². The quantitative estimate of drug-likeness (QED) is 0.687. The average molecular weight is 328 g/mol. The van der Waals surface area contributed by atoms with E-state index in [1.807, 2.05) is 25.1 Å². The van der Waals surface area contributed by atoms with E-state index in [-0.39, 0.29) is 11.6 Å². The number of nitrogens with zero attached hydrogens (tertiary/aromatic N) is 2. The molecule has 0 aliphatic heterocycles. The predicted molar refractivity (Wildman–Crippen MR) is 90.4 cm³/mol. The Hall–Kier alpha value is -2.86. The molecule has 0 radical (unpaired) electrons. The zero-order valence-corrected chi connectivity index (χ0v) is 13.1. The second-order valence-corrected chi connectivity index (χ2v) is 5.41. The number of hydrogen-bond acceptors (Lipinski definition) is 4. The molecule has 0 aliphatic rings. The number of H-pyrrole nitrogens is 1. The average Bonchev–Trinajstić information content (AvgIpc) is 2.97. The lowest BCUT2D eigenvalue weighted by atomic mass is 10.1. The molecular formula is C16H14ClN5O. The molecule has 0 atom stereocenters. The molecule has 116 valence electrons. The minimum Gasteiger partial charge on any atom is -0.397 e. The van der Waals surface area contributed by atoms with Crippen molar-refractivity contribution in [1.82, 2.24) is 15.0 Å². The Morgan fingerprint density at radius 1 is 1.26 bits per heavy atom. The number of halogens is 1. The summed E-state index contributed by atoms with van der Waals surface area (Å²) < 4.78 is 0. The number of nitrogens with two attached hydrogens (primary N) is 1. The van der Waals surface area contributed by atoms with Crippen LogP contribution in [0, 0.1) is 6.92 Å². The van der Waals surface area contributed by atoms with E-state index in [0.717, 1.165) is 11.3 Å². The number of aromatic amines is 1. The van der Waals surface area contributed by atoms with Crippen LogP contribution in [-0.2, 0) is 0 Å². The van der Waals surface area contributed by atoms with Crippen molar-refractivity contribution in [3.8, 4) is 11.4 Å². The number of hydrogen-bond donors (Lipinski definition) is 3. The first-order valence-corrected chi connectivity index (χ1v) is 7.26. The third-order valence-electron chi connectivity index (χ3n) is 3.25. The lowest BCUT2D eigenvalue weighted by Gasteiger charge is -2.09. The number of rotatable bonds is 3. The van der Waals surface area contributed by atoms with Crippen molar-refractivity contribution in [1.29, 1.82) is 0 Å². The number of aryl methyl sites for hydroxylation is 1. The molecule has 3 aromatic rings. The standard InChI is InChI=1S/C16H14ClN5O/c1-9-7-20-15(21-9)10-4-2-3-5-13(10)22-16(23)14-6-12(18)11(17)8-19-14/h2-8H,1H3,(H2,18,19)(H,20,21)(H,22,23). The van der Waals surface area contributed by atoms with Crippen LogP contribution in [0.2, 0.25) is 5.02 Å². The van der Waals surface area contributed by atoms with Gasteiger partial charge in [0.2, 0.25) is 0 Å². The van der Waals surface area contributed by atoms with E-state index in [2.05, 4.69) is 20.3 Å². The Morgan fingerprint density at radius 3 is 2.74 bits per heavy atom. The predicted octanol–water partition coefficient (Wildman–Crippen LogP) is 3.27. The van der Waals surface area contributed by atoms with Gasteiger partial charge in [-0.3, -0.25) is 4.79 Å². The summed E-state index contributed by atoms with van der Waals surface area (Å²) in [6.45, 7) is 1.91. The van der Waals surface area contributed by atoms with Gasteiger partial charge in [0.05, 0.1) is 16.4 Å². The summed E-state index contributed by atoms with van der Waals surface area (Å²) in [6.07, 6.45) is 3.09. The number of para-hydroxylation sites is 1. The van der Waals surface area contributed by atoms with E-state index in [0.29, 0.717) is 22.2 Å². The monoisotopic (exact) mass is 327 g/mol. The molecule has 1 amide bonds. The summed E-state index contributed by atoms with van der Waals surface area (Å²) in [5, 5.41) is 3.13. The zero-order chi connectivity index (χ0) is 16.4. The number of amides is 1. The number of nitrogen functional groups attached to an aromatic ring is 1. The molecule has 23 heavy (non-hydrogen) atoms. The molecule has 2 heterocycles. The van der Waals surface area contributed by atoms with Crippen LogP contribution in [0.5, 0.6) is 0 Å². The van der Waals surface area contributed by atoms with E-state index in [9.17, 15) is 4.79 Å². The summed E-state index contributed by atoms with van der Waals surface area (Å²) in [5.41, 5.74) is 8.56. The molecule has 3 rings (SSSR count). The van der Waals surface area contributed by atoms with Crippen molar-refractivity contribution < 1.29 is 4.79 Å². The van der Waals surface area contributed by atoms with Gasteiger partial charge in [0.15, 0.2) is 0 Å². The molecule has 0 fully saturated rings. The molecule has 0 saturated heterocycles. The number of anilines is 2. The summed E-state index contributed by atoms with van der Waals surface area (Å²) in [5.74, 6) is 0.311. The Morgan fingerprint density at radius 2 is 2.04 bits per heavy atom. The van der Waals surface area contributed by atoms with E-state index in [1.54, 1.807) is 12.3 Å². The Bertz CT molecular complexity index is 874. The molecule has 0 spiro atoms. The Labute approximate surface area is 137 Å². The van der Waals surface area contributed by atoms with Gasteiger partial charge < -0.3 is 16.0 Å². The summed E-state index contributed by atoms with van der Waals surface area (Å²) in [7, 11) is 0. The van der Waals surface area contributed by atoms with Crippen LogP contribution in [0.15, 0.2) is 42.7 Å². The van der Waals surface area contributed by atoms with Gasteiger partial charge in [-0.1, -0.05) is 23.7 Å². The van der Waals surface area contributed by atoms with Gasteiger partial charge in [0, 0.05) is 23.7 Å². The molecule has 4 N–H and O–H groups in total. The Kier molecular flexibility index (Phi) is 3.99. The highest BCUT2D eigenvalue weighted by atomic mass is 35.5. The van der Waals surface area contributed by atoms with Gasteiger partial charge >= 0.3 is 0 Å². The number of carbonyl (C=O) groups is 1. The van der Waals surface area contributed by atoms with Crippen molar-refractivity contribution in [2.24, 2.45) is 0 Å². The first-order valence-electron chi connectivity index (χ1n) is 6.88. The van der Waals surface area contributed by atoms with E-state index in [1.165, 1.54) is 12.3 Å². The highest BCUT2D eigenvalue weighted by Gasteiger charge is 2.13. The third kappa shape index (κ3) is 3.17. The fourth-order valence-electron chi connectivity index (χ4n) is 2.11. The number of benzene rings is 1. The molecule has 2 aromatic heterocycles. The van der Waals surface area contributed by atoms with Crippen LogP contribution in [0.3, 0.4) is 0 Å². The van der Waals surface area contributed by atoms with Crippen LogP contribution in [-0.4, -0.2) is 20.9 Å². The molecule has 1 aromatic carbocycles. The van der Waals surface area contributed by atoms with Gasteiger partial charge in [-0.25, -0.2) is 9.97 Å². The van der Waals surface area contributed by atoms with Gasteiger partial charge in [0.1, 0.15) is 11.5 Å². The lowest BCUT2D eigenvalue weighted by molar-refractivity contribution is 0.102. The van der Waals surface area contributed by atoms with Gasteiger partial charge in [-0.15, -0.1) is 0 Å². The van der Waals surface area contributed by atoms with Crippen LogP contribution < -0.4 is 11.1 Å². The number of carbonyl (C=O) groups excluding carboxylic acids is 1. The van der Waals surface area contributed by atoms with Crippen molar-refractivity contribution in [3.63, 3.8) is 0 Å². The van der Waals surface area contributed by atoms with Crippen LogP contribution >= 0.6 is 11.6 Å². The third-order valence-corrected chi connectivity index (χ3v) is 3.57. The highest BCUT2D eigenvalue weighted by Crippen LogP contribution is 2.26. The summed E-state index contributed by atoms with van der Waals surface area (Å²) in [6, 6.07) is 8.82. The number of pyridine rings is 1. The smallest absolute Gasteiger partial charge is 0.274 e. The maximum Gasteiger partial charge on any atom is 0.274 e. The summed E-state index contributed by atoms with van der Waals surface area (Å²) in [4.78, 5) is 23.8. The fourth-order valence-corrected chi connectivity index (χ4v) is 2.22. The van der Waals surface area contributed by atoms with Crippen LogP contribution in [0.25, 0.3) is 11.4 Å². The van der Waals surface area contributed by atoms with Crippen molar-refractivity contribution in [2.75, 3.05) is 11.1 Å². The molecule has 0 bridgehead atoms. The maximum absolute atomic E-state index is 12.4. The topological polar surface area (TPSA) is 96.7 Å². The molecular weight excluding hydrogens is 314 g/mol. The second-order valence-electron chi connectivity index (χ2n) is 5.01. The molecule has 6 nitrogen and oxygen atoms in total. The second kappa shape index (κ2) is 6.10. The molecule has 0 unspecified atom stereocenters. The molecule has 7 heteroatoms. The lowest BCUT2D eigenvalue weighted by Crippen LogP contribution is -2.14. The van der Waals surface area contributed by atoms with Gasteiger partial charge in [-0.05, 0) is 25.1 Å². The molecule has 0 saturated carbocycles. The van der Waals surface area contributed by atoms with E-state index in [4.69, 9.17) is 17.3 Å². The number of aromatic nitrogens is 3. The fraction of sp³-hybridized carbons (Fsp3) is 0.0625. The number of imidazole rings is 1. The number of nitrogens with one attached hydrogen (secondary N) is 2. The zero-order valence-electron chi connectivity index (χ0n) is 12.3. The van der Waals surface area contributed by atoms with Crippen LogP contribution in [0.4, 0.5) is 11.4 Å². The van der Waals surface area contributed by atoms with Gasteiger partial charge in [0.25, 0.3) is 5.91 Å². The normalized spacial score (nSPS) is 10.5. The van der Waals surface area contributed by atoms with Crippen molar-refractivity contribution >= 4 is 28.9 Å². The van der Waals surface area contributed by atoms with Gasteiger partial charge in [-0.2, -0.15) is 0 Å². The molecule has 0 aliphatic carbocycles. The maximum atomic E-state index is 12.4. The van der Waals surface area contributed by atoms with E-state index >= 15 is 0 Å². The van der Waals surface area contributed by atoms with Crippen molar-refractivity contribution in [3.05, 3.63) is 59.1 Å². The van der Waals surface area contributed by atoms with Crippen LogP contribution in [0.1, 0.15) is 16.2 Å². The Balaban J connectivity index is 1.91. The minimum atomic E-state index is -0.371. The van der Waals surface area contributed by atoms with E-state index < -0.39 is 0 Å². The SMILES string of the molecule is Cc1cnc(-c2ccccc2NC(=O)c2cc(N)c(Cl)cn2)[nH]1. The summed E-state index contributed by atoms with van der Waals surface area (Å²) >= 11 is 5.82.